The zero-order valence-corrected chi connectivity index (χ0v) is 27.5. The molecule has 0 fully saturated rings. The van der Waals surface area contributed by atoms with Crippen molar-refractivity contribution >= 4 is 46.0 Å². The summed E-state index contributed by atoms with van der Waals surface area (Å²) in [5, 5.41) is 0.903. The number of carbonyl (C=O) groups is 2. The summed E-state index contributed by atoms with van der Waals surface area (Å²) in [4.78, 5) is 46.1. The van der Waals surface area contributed by atoms with Gasteiger partial charge in [0.05, 0.1) is 41.7 Å². The van der Waals surface area contributed by atoms with Crippen LogP contribution in [0.1, 0.15) is 49.2 Å². The molecule has 47 heavy (non-hydrogen) atoms. The van der Waals surface area contributed by atoms with Crippen molar-refractivity contribution in [2.75, 3.05) is 19.8 Å². The number of thiazole rings is 1. The minimum atomic E-state index is -0.801. The molecule has 0 unspecified atom stereocenters. The number of para-hydroxylation sites is 1. The van der Waals surface area contributed by atoms with Crippen LogP contribution in [0.25, 0.3) is 22.7 Å². The monoisotopic (exact) mass is 649 g/mol. The molecule has 1 atom stereocenters. The zero-order chi connectivity index (χ0) is 33.1. The van der Waals surface area contributed by atoms with Gasteiger partial charge in [-0.2, -0.15) is 0 Å². The van der Waals surface area contributed by atoms with Gasteiger partial charge in [-0.05, 0) is 57.5 Å². The molecule has 240 valence electrons. The van der Waals surface area contributed by atoms with Crippen molar-refractivity contribution in [3.05, 3.63) is 127 Å². The van der Waals surface area contributed by atoms with Gasteiger partial charge in [0.2, 0.25) is 0 Å². The summed E-state index contributed by atoms with van der Waals surface area (Å²) in [6.07, 6.45) is 1.86. The molecule has 1 aliphatic rings. The van der Waals surface area contributed by atoms with Gasteiger partial charge in [-0.3, -0.25) is 14.2 Å². The molecule has 0 bridgehead atoms. The highest BCUT2D eigenvalue weighted by atomic mass is 32.1. The quantitative estimate of drug-likeness (QED) is 0.194. The number of ether oxygens (including phenoxy) is 3. The number of nitrogens with zero attached hydrogens (tertiary/aromatic N) is 3. The lowest BCUT2D eigenvalue weighted by molar-refractivity contribution is -0.143. The standard InChI is InChI=1S/C37H35N3O6S/c1-5-44-26-19-17-25(18-20-26)34-32(36(43)46-7-3)33(24-13-9-8-10-14-24)38-37-40(34)35(42)30(47-37)21-28-23(4)39(22-31(41)45-6-2)29-16-12-11-15-27(28)29/h8-21,34H,5-7,22H2,1-4H3/b30-21-/t34-/m1/s1. The molecule has 0 spiro atoms. The highest BCUT2D eigenvalue weighted by molar-refractivity contribution is 7.07. The third kappa shape index (κ3) is 6.04. The van der Waals surface area contributed by atoms with Crippen LogP contribution in [-0.4, -0.2) is 40.9 Å². The third-order valence-electron chi connectivity index (χ3n) is 8.03. The Morgan fingerprint density at radius 2 is 1.60 bits per heavy atom. The number of hydrogen-bond donors (Lipinski definition) is 0. The zero-order valence-electron chi connectivity index (χ0n) is 26.7. The summed E-state index contributed by atoms with van der Waals surface area (Å²) in [5.74, 6) is -0.193. The number of esters is 2. The topological polar surface area (TPSA) is 101 Å². The van der Waals surface area contributed by atoms with Crippen molar-refractivity contribution in [2.45, 2.75) is 40.3 Å². The van der Waals surface area contributed by atoms with Gasteiger partial charge in [0.15, 0.2) is 4.80 Å². The maximum absolute atomic E-state index is 14.5. The van der Waals surface area contributed by atoms with Crippen molar-refractivity contribution in [3.63, 3.8) is 0 Å². The molecule has 0 amide bonds. The number of hydrogen-bond acceptors (Lipinski definition) is 8. The van der Waals surface area contributed by atoms with Crippen LogP contribution in [0, 0.1) is 6.92 Å². The Hall–Kier alpha value is -5.22. The first kappa shape index (κ1) is 31.7. The molecule has 2 aromatic heterocycles. The molecule has 6 rings (SSSR count). The first-order valence-electron chi connectivity index (χ1n) is 15.6. The Labute approximate surface area is 275 Å². The lowest BCUT2D eigenvalue weighted by atomic mass is 9.93. The molecule has 5 aromatic rings. The van der Waals surface area contributed by atoms with E-state index in [2.05, 4.69) is 0 Å². The molecule has 0 saturated heterocycles. The Morgan fingerprint density at radius 3 is 2.30 bits per heavy atom. The molecule has 3 heterocycles. The SMILES string of the molecule is CCOC(=O)Cn1c(C)c(/C=c2\sc3n(c2=O)[C@H](c2ccc(OCC)cc2)C(C(=O)OCC)=C(c2ccccc2)N=3)c2ccccc21. The van der Waals surface area contributed by atoms with Crippen LogP contribution in [0.3, 0.4) is 0 Å². The Kier molecular flexibility index (Phi) is 9.22. The molecular formula is C37H35N3O6S. The Bertz CT molecular complexity index is 2180. The summed E-state index contributed by atoms with van der Waals surface area (Å²) in [6, 6.07) is 23.8. The summed E-state index contributed by atoms with van der Waals surface area (Å²) in [7, 11) is 0. The second kappa shape index (κ2) is 13.6. The van der Waals surface area contributed by atoms with Gasteiger partial charge in [-0.15, -0.1) is 0 Å². The summed E-state index contributed by atoms with van der Waals surface area (Å²) < 4.78 is 20.4. The van der Waals surface area contributed by atoms with Crippen molar-refractivity contribution in [2.24, 2.45) is 4.99 Å². The van der Waals surface area contributed by atoms with Gasteiger partial charge in [-0.1, -0.05) is 72.0 Å². The van der Waals surface area contributed by atoms with E-state index in [0.717, 1.165) is 33.3 Å². The second-order valence-corrected chi connectivity index (χ2v) is 11.9. The molecule has 0 N–H and O–H groups in total. The van der Waals surface area contributed by atoms with E-state index < -0.39 is 12.0 Å². The molecular weight excluding hydrogens is 614 g/mol. The van der Waals surface area contributed by atoms with E-state index in [-0.39, 0.29) is 30.3 Å². The van der Waals surface area contributed by atoms with Crippen LogP contribution in [0.2, 0.25) is 0 Å². The van der Waals surface area contributed by atoms with Gasteiger partial charge < -0.3 is 18.8 Å². The number of benzene rings is 3. The molecule has 0 aliphatic carbocycles. The van der Waals surface area contributed by atoms with Crippen LogP contribution >= 0.6 is 11.3 Å². The van der Waals surface area contributed by atoms with E-state index in [9.17, 15) is 14.4 Å². The van der Waals surface area contributed by atoms with Gasteiger partial charge in [-0.25, -0.2) is 9.79 Å². The summed E-state index contributed by atoms with van der Waals surface area (Å²) >= 11 is 1.26. The van der Waals surface area contributed by atoms with E-state index in [1.807, 2.05) is 103 Å². The van der Waals surface area contributed by atoms with Crippen LogP contribution < -0.4 is 19.6 Å². The smallest absolute Gasteiger partial charge is 0.338 e. The predicted octanol–water partition coefficient (Wildman–Crippen LogP) is 5.16. The maximum Gasteiger partial charge on any atom is 0.338 e. The highest BCUT2D eigenvalue weighted by Gasteiger charge is 2.35. The van der Waals surface area contributed by atoms with E-state index in [1.54, 1.807) is 18.4 Å². The highest BCUT2D eigenvalue weighted by Crippen LogP contribution is 2.36. The van der Waals surface area contributed by atoms with Gasteiger partial charge in [0, 0.05) is 27.7 Å². The maximum atomic E-state index is 14.5. The fourth-order valence-corrected chi connectivity index (χ4v) is 6.96. The Morgan fingerprint density at radius 1 is 0.894 bits per heavy atom. The fraction of sp³-hybridized carbons (Fsp3) is 0.243. The van der Waals surface area contributed by atoms with E-state index in [0.29, 0.717) is 34.0 Å². The van der Waals surface area contributed by atoms with Gasteiger partial charge in [0.1, 0.15) is 12.3 Å². The summed E-state index contributed by atoms with van der Waals surface area (Å²) in [6.45, 7) is 8.39. The Balaban J connectivity index is 1.61. The minimum absolute atomic E-state index is 0.0519. The summed E-state index contributed by atoms with van der Waals surface area (Å²) in [5.41, 5.74) is 4.41. The number of carbonyl (C=O) groups excluding carboxylic acids is 2. The number of rotatable bonds is 10. The molecule has 9 nitrogen and oxygen atoms in total. The minimum Gasteiger partial charge on any atom is -0.494 e. The molecule has 0 saturated carbocycles. The molecule has 1 aliphatic heterocycles. The van der Waals surface area contributed by atoms with Gasteiger partial charge >= 0.3 is 11.9 Å². The van der Waals surface area contributed by atoms with E-state index in [4.69, 9.17) is 19.2 Å². The largest absolute Gasteiger partial charge is 0.494 e. The van der Waals surface area contributed by atoms with Gasteiger partial charge in [0.25, 0.3) is 5.56 Å². The predicted molar refractivity (Wildman–Crippen MR) is 182 cm³/mol. The normalized spacial score (nSPS) is 14.6. The number of fused-ring (bicyclic) bond motifs is 2. The fourth-order valence-electron chi connectivity index (χ4n) is 5.98. The lowest BCUT2D eigenvalue weighted by Crippen LogP contribution is -2.40. The third-order valence-corrected chi connectivity index (χ3v) is 9.01. The lowest BCUT2D eigenvalue weighted by Gasteiger charge is -2.26. The van der Waals surface area contributed by atoms with Crippen LogP contribution in [0.15, 0.2) is 94.2 Å². The number of aromatic nitrogens is 2. The van der Waals surface area contributed by atoms with Crippen molar-refractivity contribution in [1.82, 2.24) is 9.13 Å². The first-order chi connectivity index (χ1) is 22.9. The second-order valence-electron chi connectivity index (χ2n) is 10.8. The first-order valence-corrected chi connectivity index (χ1v) is 16.4. The molecule has 3 aromatic carbocycles. The van der Waals surface area contributed by atoms with Crippen LogP contribution in [0.4, 0.5) is 0 Å². The molecule has 10 heteroatoms. The average Bonchev–Trinajstić information content (AvgIpc) is 3.53. The van der Waals surface area contributed by atoms with E-state index in [1.165, 1.54) is 11.3 Å². The van der Waals surface area contributed by atoms with Crippen molar-refractivity contribution in [1.29, 1.82) is 0 Å². The van der Waals surface area contributed by atoms with Crippen LogP contribution in [0.5, 0.6) is 5.75 Å². The van der Waals surface area contributed by atoms with Crippen molar-refractivity contribution in [3.8, 4) is 5.75 Å². The average molecular weight is 650 g/mol. The van der Waals surface area contributed by atoms with E-state index >= 15 is 0 Å². The van der Waals surface area contributed by atoms with Crippen molar-refractivity contribution < 1.29 is 23.8 Å². The van der Waals surface area contributed by atoms with Crippen LogP contribution in [-0.2, 0) is 25.6 Å². The molecule has 0 radical (unpaired) electrons.